The van der Waals surface area contributed by atoms with Gasteiger partial charge in [0, 0.05) is 13.7 Å². The molecule has 3 atom stereocenters. The van der Waals surface area contributed by atoms with Gasteiger partial charge < -0.3 is 14.8 Å². The third-order valence-electron chi connectivity index (χ3n) is 6.80. The van der Waals surface area contributed by atoms with E-state index < -0.39 is 23.4 Å². The minimum atomic E-state index is -4.42. The average molecular weight is 505 g/mol. The fourth-order valence-electron chi connectivity index (χ4n) is 4.87. The van der Waals surface area contributed by atoms with E-state index >= 15 is 0 Å². The van der Waals surface area contributed by atoms with Gasteiger partial charge in [0.25, 0.3) is 0 Å². The first-order chi connectivity index (χ1) is 17.1. The quantitative estimate of drug-likeness (QED) is 0.467. The normalized spacial score (nSPS) is 21.4. The second-order valence-electron chi connectivity index (χ2n) is 9.35. The number of rotatable bonds is 8. The van der Waals surface area contributed by atoms with Crippen molar-refractivity contribution in [1.29, 1.82) is 0 Å². The molecule has 4 rings (SSSR count). The molecule has 2 aromatic carbocycles. The van der Waals surface area contributed by atoms with E-state index in [1.165, 1.54) is 0 Å². The molecule has 0 bridgehead atoms. The first kappa shape index (κ1) is 26.1. The summed E-state index contributed by atoms with van der Waals surface area (Å²) in [5.74, 6) is 0.534. The molecule has 0 spiro atoms. The number of halogens is 3. The number of hydrogen-bond donors (Lipinski definition) is 2. The fourth-order valence-corrected chi connectivity index (χ4v) is 4.87. The Labute approximate surface area is 207 Å². The zero-order valence-electron chi connectivity index (χ0n) is 20.6. The Balaban J connectivity index is 1.54. The summed E-state index contributed by atoms with van der Waals surface area (Å²) in [6.07, 6.45) is -3.63. The van der Waals surface area contributed by atoms with Gasteiger partial charge in [0.15, 0.2) is 5.82 Å². The molecule has 1 aliphatic rings. The van der Waals surface area contributed by atoms with Gasteiger partial charge in [-0.1, -0.05) is 42.0 Å². The summed E-state index contributed by atoms with van der Waals surface area (Å²) in [4.78, 5) is 12.4. The molecule has 7 nitrogen and oxygen atoms in total. The van der Waals surface area contributed by atoms with Gasteiger partial charge in [0.05, 0.1) is 29.9 Å². The van der Waals surface area contributed by atoms with Crippen molar-refractivity contribution in [2.75, 3.05) is 20.3 Å². The van der Waals surface area contributed by atoms with Gasteiger partial charge in [-0.3, -0.25) is 4.57 Å². The molecule has 3 aromatic rings. The number of aryl methyl sites for hydroxylation is 1. The van der Waals surface area contributed by atoms with Gasteiger partial charge in [0.2, 0.25) is 0 Å². The molecule has 0 amide bonds. The van der Waals surface area contributed by atoms with Crippen LogP contribution in [0.2, 0.25) is 0 Å². The minimum absolute atomic E-state index is 0.123. The summed E-state index contributed by atoms with van der Waals surface area (Å²) >= 11 is 0. The van der Waals surface area contributed by atoms with Gasteiger partial charge in [-0.15, -0.1) is 0 Å². The van der Waals surface area contributed by atoms with Crippen molar-refractivity contribution in [3.8, 4) is 0 Å². The number of H-pyrrole nitrogens is 1. The van der Waals surface area contributed by atoms with Crippen LogP contribution in [0.4, 0.5) is 13.2 Å². The monoisotopic (exact) mass is 504 g/mol. The predicted octanol–water partition coefficient (Wildman–Crippen LogP) is 4.64. The second kappa shape index (κ2) is 10.6. The maximum atomic E-state index is 13.3. The zero-order valence-corrected chi connectivity index (χ0v) is 20.6. The van der Waals surface area contributed by atoms with Gasteiger partial charge in [0.1, 0.15) is 6.61 Å². The van der Waals surface area contributed by atoms with Crippen LogP contribution in [0.3, 0.4) is 0 Å². The molecule has 0 saturated carbocycles. The summed E-state index contributed by atoms with van der Waals surface area (Å²) in [5.41, 5.74) is 0.509. The largest absolute Gasteiger partial charge is 0.416 e. The Kier molecular flexibility index (Phi) is 7.67. The summed E-state index contributed by atoms with van der Waals surface area (Å²) in [7, 11) is 1.55. The zero-order chi connectivity index (χ0) is 25.9. The number of benzene rings is 2. The van der Waals surface area contributed by atoms with Crippen molar-refractivity contribution in [1.82, 2.24) is 20.1 Å². The van der Waals surface area contributed by atoms with E-state index in [1.807, 2.05) is 30.3 Å². The van der Waals surface area contributed by atoms with Crippen molar-refractivity contribution >= 4 is 0 Å². The number of alkyl halides is 3. The number of methoxy groups -OCH3 is 1. The Morgan fingerprint density at radius 3 is 2.61 bits per heavy atom. The highest BCUT2D eigenvalue weighted by Crippen LogP contribution is 2.37. The van der Waals surface area contributed by atoms with Crippen LogP contribution in [0.15, 0.2) is 53.3 Å². The Hall–Kier alpha value is -2.95. The maximum Gasteiger partial charge on any atom is 0.416 e. The van der Waals surface area contributed by atoms with Crippen molar-refractivity contribution in [2.24, 2.45) is 0 Å². The first-order valence-electron chi connectivity index (χ1n) is 11.9. The lowest BCUT2D eigenvalue weighted by Crippen LogP contribution is -2.53. The molecular weight excluding hydrogens is 473 g/mol. The number of aromatic nitrogens is 3. The first-order valence-corrected chi connectivity index (χ1v) is 11.9. The number of hydrogen-bond acceptors (Lipinski definition) is 5. The second-order valence-corrected chi connectivity index (χ2v) is 9.35. The Morgan fingerprint density at radius 2 is 1.97 bits per heavy atom. The van der Waals surface area contributed by atoms with Crippen LogP contribution in [-0.4, -0.2) is 35.0 Å². The highest BCUT2D eigenvalue weighted by atomic mass is 19.4. The lowest BCUT2D eigenvalue weighted by Gasteiger charge is -2.42. The average Bonchev–Trinajstić information content (AvgIpc) is 3.22. The molecule has 0 radical (unpaired) electrons. The number of nitrogens with one attached hydrogen (secondary N) is 2. The molecular formula is C26H31F3N4O3. The SMILES string of the molecule is COCc1n[nH]c(=O)n1[C@H]1CC[C@@](CO[C@H](C)c2cc(C)cc(C(F)(F)F)c2)(c2ccccc2)NC1. The van der Waals surface area contributed by atoms with Crippen LogP contribution >= 0.6 is 0 Å². The lowest BCUT2D eigenvalue weighted by molar-refractivity contribution is -0.137. The van der Waals surface area contributed by atoms with Crippen molar-refractivity contribution < 1.29 is 22.6 Å². The highest BCUT2D eigenvalue weighted by Gasteiger charge is 2.39. The molecule has 1 saturated heterocycles. The van der Waals surface area contributed by atoms with E-state index in [1.54, 1.807) is 31.6 Å². The van der Waals surface area contributed by atoms with Crippen molar-refractivity contribution in [3.05, 3.63) is 87.1 Å². The molecule has 194 valence electrons. The van der Waals surface area contributed by atoms with Crippen molar-refractivity contribution in [2.45, 2.75) is 57.2 Å². The van der Waals surface area contributed by atoms with Gasteiger partial charge in [-0.2, -0.15) is 18.3 Å². The van der Waals surface area contributed by atoms with E-state index in [-0.39, 0.29) is 24.9 Å². The number of aromatic amines is 1. The van der Waals surface area contributed by atoms with E-state index in [9.17, 15) is 18.0 Å². The topological polar surface area (TPSA) is 81.2 Å². The summed E-state index contributed by atoms with van der Waals surface area (Å²) < 4.78 is 53.0. The van der Waals surface area contributed by atoms with Gasteiger partial charge in [-0.25, -0.2) is 9.89 Å². The highest BCUT2D eigenvalue weighted by molar-refractivity contribution is 5.32. The van der Waals surface area contributed by atoms with E-state index in [4.69, 9.17) is 9.47 Å². The maximum absolute atomic E-state index is 13.3. The van der Waals surface area contributed by atoms with Crippen LogP contribution in [0.1, 0.15) is 60.0 Å². The summed E-state index contributed by atoms with van der Waals surface area (Å²) in [6.45, 7) is 4.38. The molecule has 0 aliphatic carbocycles. The van der Waals surface area contributed by atoms with Crippen LogP contribution in [0.5, 0.6) is 0 Å². The molecule has 0 unspecified atom stereocenters. The molecule has 2 N–H and O–H groups in total. The lowest BCUT2D eigenvalue weighted by atomic mass is 9.81. The van der Waals surface area contributed by atoms with E-state index in [0.717, 1.165) is 17.7 Å². The van der Waals surface area contributed by atoms with E-state index in [0.29, 0.717) is 36.3 Å². The molecule has 2 heterocycles. The third-order valence-corrected chi connectivity index (χ3v) is 6.80. The van der Waals surface area contributed by atoms with Crippen LogP contribution in [0, 0.1) is 6.92 Å². The molecule has 10 heteroatoms. The molecule has 36 heavy (non-hydrogen) atoms. The van der Waals surface area contributed by atoms with Crippen LogP contribution in [-0.2, 0) is 27.8 Å². The summed E-state index contributed by atoms with van der Waals surface area (Å²) in [5, 5.41) is 10.2. The molecule has 1 aromatic heterocycles. The number of piperidine rings is 1. The predicted molar refractivity (Wildman–Crippen MR) is 129 cm³/mol. The smallest absolute Gasteiger partial charge is 0.377 e. The standard InChI is InChI=1S/C26H31F3N4O3/c1-17-11-19(13-21(12-17)26(27,28)29)18(2)36-16-25(20-7-5-4-6-8-20)10-9-22(14-30-25)33-23(15-35-3)31-32-24(33)34/h4-8,11-13,18,22,30H,9-10,14-16H2,1-3H3,(H,32,34)/t18-,22+,25-/m1/s1. The van der Waals surface area contributed by atoms with Crippen LogP contribution in [0.25, 0.3) is 0 Å². The minimum Gasteiger partial charge on any atom is -0.377 e. The fraction of sp³-hybridized carbons (Fsp3) is 0.462. The van der Waals surface area contributed by atoms with Gasteiger partial charge >= 0.3 is 11.9 Å². The number of ether oxygens (including phenoxy) is 2. The number of nitrogens with zero attached hydrogens (tertiary/aromatic N) is 2. The van der Waals surface area contributed by atoms with Crippen LogP contribution < -0.4 is 11.0 Å². The van der Waals surface area contributed by atoms with Gasteiger partial charge in [-0.05, 0) is 49.9 Å². The molecule has 1 aliphatic heterocycles. The third kappa shape index (κ3) is 5.55. The van der Waals surface area contributed by atoms with Crippen molar-refractivity contribution in [3.63, 3.8) is 0 Å². The Bertz CT molecular complexity index is 1220. The Morgan fingerprint density at radius 1 is 1.22 bits per heavy atom. The van der Waals surface area contributed by atoms with E-state index in [2.05, 4.69) is 15.5 Å². The summed E-state index contributed by atoms with van der Waals surface area (Å²) in [6, 6.07) is 13.7. The molecule has 1 fully saturated rings.